The lowest BCUT2D eigenvalue weighted by Gasteiger charge is -2.29. The van der Waals surface area contributed by atoms with Crippen molar-refractivity contribution in [3.8, 4) is 0 Å². The maximum absolute atomic E-state index is 12.5. The second kappa shape index (κ2) is 5.11. The minimum absolute atomic E-state index is 0.401. The Morgan fingerprint density at radius 2 is 1.30 bits per heavy atom. The van der Waals surface area contributed by atoms with Gasteiger partial charge in [-0.2, -0.15) is 13.2 Å². The Hall–Kier alpha value is -1.52. The van der Waals surface area contributed by atoms with Gasteiger partial charge < -0.3 is 4.74 Å². The third-order valence-corrected chi connectivity index (χ3v) is 2.87. The van der Waals surface area contributed by atoms with E-state index < -0.39 is 28.7 Å². The summed E-state index contributed by atoms with van der Waals surface area (Å²) in [5.74, 6) is -0.401. The summed E-state index contributed by atoms with van der Waals surface area (Å²) in [4.78, 5) is 11.9. The van der Waals surface area contributed by atoms with Gasteiger partial charge >= 0.3 is 12.1 Å². The second-order valence-electron chi connectivity index (χ2n) is 6.22. The molecule has 20 heavy (non-hydrogen) atoms. The van der Waals surface area contributed by atoms with E-state index in [9.17, 15) is 18.0 Å². The lowest BCUT2D eigenvalue weighted by Crippen LogP contribution is -2.32. The van der Waals surface area contributed by atoms with Crippen LogP contribution in [0, 0.1) is 5.41 Å². The number of ether oxygens (including phenoxy) is 1. The van der Waals surface area contributed by atoms with Gasteiger partial charge in [0.2, 0.25) is 0 Å². The van der Waals surface area contributed by atoms with Gasteiger partial charge in [0.1, 0.15) is 5.60 Å². The highest BCUT2D eigenvalue weighted by atomic mass is 19.4. The van der Waals surface area contributed by atoms with Crippen molar-refractivity contribution < 1.29 is 22.7 Å². The van der Waals surface area contributed by atoms with Crippen LogP contribution >= 0.6 is 0 Å². The van der Waals surface area contributed by atoms with E-state index in [0.717, 1.165) is 12.1 Å². The molecule has 0 aliphatic rings. The van der Waals surface area contributed by atoms with Crippen molar-refractivity contribution in [1.82, 2.24) is 0 Å². The third-order valence-electron chi connectivity index (χ3n) is 2.87. The summed E-state index contributed by atoms with van der Waals surface area (Å²) in [5.41, 5.74) is -1.85. The second-order valence-corrected chi connectivity index (χ2v) is 6.22. The van der Waals surface area contributed by atoms with Crippen molar-refractivity contribution in [2.45, 2.75) is 46.4 Å². The van der Waals surface area contributed by atoms with Crippen molar-refractivity contribution >= 4 is 5.97 Å². The number of benzene rings is 1. The Morgan fingerprint density at radius 1 is 0.900 bits per heavy atom. The van der Waals surface area contributed by atoms with Crippen molar-refractivity contribution in [3.63, 3.8) is 0 Å². The summed E-state index contributed by atoms with van der Waals surface area (Å²) in [6, 6.07) is 4.64. The van der Waals surface area contributed by atoms with Crippen LogP contribution in [0.3, 0.4) is 0 Å². The standard InChI is InChI=1S/C15H19F3O2/c1-13(2,3)12(19)20-14(4,5)10-6-8-11(9-7-10)15(16,17)18/h6-9H,1-5H3. The molecule has 0 aliphatic carbocycles. The predicted molar refractivity (Wildman–Crippen MR) is 70.0 cm³/mol. The van der Waals surface area contributed by atoms with E-state index in [-0.39, 0.29) is 0 Å². The molecular formula is C15H19F3O2. The molecule has 0 bridgehead atoms. The van der Waals surface area contributed by atoms with Crippen LogP contribution in [0.1, 0.15) is 45.7 Å². The minimum atomic E-state index is -4.37. The molecule has 0 N–H and O–H groups in total. The fourth-order valence-electron chi connectivity index (χ4n) is 1.50. The number of carbonyl (C=O) groups excluding carboxylic acids is 1. The van der Waals surface area contributed by atoms with Gasteiger partial charge in [-0.3, -0.25) is 4.79 Å². The molecule has 2 nitrogen and oxygen atoms in total. The van der Waals surface area contributed by atoms with Crippen LogP contribution in [0.2, 0.25) is 0 Å². The van der Waals surface area contributed by atoms with Crippen LogP contribution in [0.5, 0.6) is 0 Å². The molecule has 1 aromatic rings. The van der Waals surface area contributed by atoms with Crippen LogP contribution in [0.25, 0.3) is 0 Å². The van der Waals surface area contributed by atoms with Crippen molar-refractivity contribution in [2.24, 2.45) is 5.41 Å². The van der Waals surface area contributed by atoms with Crippen LogP contribution in [0.4, 0.5) is 13.2 Å². The highest BCUT2D eigenvalue weighted by Gasteiger charge is 2.34. The van der Waals surface area contributed by atoms with Gasteiger partial charge in [0, 0.05) is 0 Å². The first kappa shape index (κ1) is 16.5. The van der Waals surface area contributed by atoms with Gasteiger partial charge in [-0.05, 0) is 52.3 Å². The first-order valence-electron chi connectivity index (χ1n) is 6.25. The topological polar surface area (TPSA) is 26.3 Å². The Balaban J connectivity index is 2.96. The highest BCUT2D eigenvalue weighted by molar-refractivity contribution is 5.75. The van der Waals surface area contributed by atoms with E-state index in [1.54, 1.807) is 34.6 Å². The Bertz CT molecular complexity index is 479. The van der Waals surface area contributed by atoms with Crippen LogP contribution in [-0.2, 0) is 21.3 Å². The van der Waals surface area contributed by atoms with Gasteiger partial charge in [0.25, 0.3) is 0 Å². The monoisotopic (exact) mass is 288 g/mol. The fourth-order valence-corrected chi connectivity index (χ4v) is 1.50. The van der Waals surface area contributed by atoms with Crippen LogP contribution in [0.15, 0.2) is 24.3 Å². The summed E-state index contributed by atoms with van der Waals surface area (Å²) in [6.07, 6.45) is -4.37. The first-order chi connectivity index (χ1) is 8.84. The SMILES string of the molecule is CC(C)(C)C(=O)OC(C)(C)c1ccc(C(F)(F)F)cc1. The molecular weight excluding hydrogens is 269 g/mol. The van der Waals surface area contributed by atoms with Crippen molar-refractivity contribution in [1.29, 1.82) is 0 Å². The Morgan fingerprint density at radius 3 is 1.65 bits per heavy atom. The molecule has 0 spiro atoms. The molecule has 0 heterocycles. The molecule has 0 atom stereocenters. The van der Waals surface area contributed by atoms with Gasteiger partial charge in [-0.25, -0.2) is 0 Å². The predicted octanol–water partition coefficient (Wildman–Crippen LogP) is 4.53. The average molecular weight is 288 g/mol. The maximum Gasteiger partial charge on any atom is 0.416 e. The number of esters is 1. The molecule has 0 saturated heterocycles. The number of alkyl halides is 3. The molecule has 0 fully saturated rings. The van der Waals surface area contributed by atoms with Gasteiger partial charge in [0.05, 0.1) is 11.0 Å². The molecule has 1 rings (SSSR count). The quantitative estimate of drug-likeness (QED) is 0.747. The molecule has 0 amide bonds. The van der Waals surface area contributed by atoms with Crippen molar-refractivity contribution in [2.75, 3.05) is 0 Å². The summed E-state index contributed by atoms with van der Waals surface area (Å²) in [6.45, 7) is 8.47. The molecule has 0 unspecified atom stereocenters. The smallest absolute Gasteiger partial charge is 0.416 e. The van der Waals surface area contributed by atoms with E-state index in [2.05, 4.69) is 0 Å². The Kier molecular flexibility index (Phi) is 4.22. The fraction of sp³-hybridized carbons (Fsp3) is 0.533. The Labute approximate surface area is 116 Å². The molecule has 5 heteroatoms. The molecule has 1 aromatic carbocycles. The van der Waals surface area contributed by atoms with Crippen LogP contribution < -0.4 is 0 Å². The number of hydrogen-bond donors (Lipinski definition) is 0. The lowest BCUT2D eigenvalue weighted by atomic mass is 9.94. The van der Waals surface area contributed by atoms with Gasteiger partial charge in [0.15, 0.2) is 0 Å². The first-order valence-corrected chi connectivity index (χ1v) is 6.25. The van der Waals surface area contributed by atoms with E-state index in [1.165, 1.54) is 12.1 Å². The lowest BCUT2D eigenvalue weighted by molar-refractivity contribution is -0.167. The van der Waals surface area contributed by atoms with E-state index in [4.69, 9.17) is 4.74 Å². The van der Waals surface area contributed by atoms with Crippen LogP contribution in [-0.4, -0.2) is 5.97 Å². The molecule has 0 radical (unpaired) electrons. The zero-order valence-corrected chi connectivity index (χ0v) is 12.3. The van der Waals surface area contributed by atoms with Gasteiger partial charge in [-0.1, -0.05) is 12.1 Å². The van der Waals surface area contributed by atoms with Gasteiger partial charge in [-0.15, -0.1) is 0 Å². The third kappa shape index (κ3) is 3.99. The summed E-state index contributed by atoms with van der Waals surface area (Å²) >= 11 is 0. The number of hydrogen-bond acceptors (Lipinski definition) is 2. The normalized spacial score (nSPS) is 13.2. The zero-order chi connectivity index (χ0) is 15.8. The number of carbonyl (C=O) groups is 1. The largest absolute Gasteiger partial charge is 0.454 e. The number of rotatable bonds is 2. The minimum Gasteiger partial charge on any atom is -0.454 e. The summed E-state index contributed by atoms with van der Waals surface area (Å²) in [7, 11) is 0. The maximum atomic E-state index is 12.5. The summed E-state index contributed by atoms with van der Waals surface area (Å²) in [5, 5.41) is 0. The van der Waals surface area contributed by atoms with Crippen molar-refractivity contribution in [3.05, 3.63) is 35.4 Å². The molecule has 112 valence electrons. The molecule has 0 aliphatic heterocycles. The number of halogens is 3. The highest BCUT2D eigenvalue weighted by Crippen LogP contribution is 2.33. The van der Waals surface area contributed by atoms with E-state index >= 15 is 0 Å². The van der Waals surface area contributed by atoms with E-state index in [1.807, 2.05) is 0 Å². The molecule has 0 aromatic heterocycles. The summed E-state index contributed by atoms with van der Waals surface area (Å²) < 4.78 is 42.9. The molecule has 0 saturated carbocycles. The zero-order valence-electron chi connectivity index (χ0n) is 12.3. The van der Waals surface area contributed by atoms with E-state index in [0.29, 0.717) is 5.56 Å². The average Bonchev–Trinajstić information content (AvgIpc) is 2.26.